The molecule has 0 saturated carbocycles. The molecule has 138 valence electrons. The second-order valence-electron chi connectivity index (χ2n) is 6.57. The molecule has 0 bridgehead atoms. The molecule has 0 radical (unpaired) electrons. The molecule has 0 aromatic heterocycles. The minimum atomic E-state index is -1.11. The fourth-order valence-electron chi connectivity index (χ4n) is 3.21. The summed E-state index contributed by atoms with van der Waals surface area (Å²) in [5.41, 5.74) is 4.40. The Morgan fingerprint density at radius 3 is 2.54 bits per heavy atom. The number of aryl methyl sites for hydroxylation is 1. The molecule has 3 rings (SSSR count). The standard InChI is InChI=1S/C21H24O5/c1-25-18-7-3-14(4-8-18)10-15-2-5-17-13-26-20(12-22)21(24)19(23)9-6-16(17)11-15/h2-5,7-8,11,19-20,22-23H,6,9-10,12-13H2,1H3. The molecule has 1 aliphatic rings. The Kier molecular flexibility index (Phi) is 6.04. The van der Waals surface area contributed by atoms with Crippen LogP contribution in [0.3, 0.4) is 0 Å². The number of carbonyl (C=O) groups excluding carboxylic acids is 1. The Morgan fingerprint density at radius 2 is 1.85 bits per heavy atom. The van der Waals surface area contributed by atoms with Crippen molar-refractivity contribution in [2.75, 3.05) is 13.7 Å². The molecular formula is C21H24O5. The van der Waals surface area contributed by atoms with Crippen molar-refractivity contribution in [3.05, 3.63) is 64.7 Å². The smallest absolute Gasteiger partial charge is 0.192 e. The van der Waals surface area contributed by atoms with E-state index in [0.717, 1.165) is 28.9 Å². The Hall–Kier alpha value is -2.21. The molecule has 5 heteroatoms. The van der Waals surface area contributed by atoms with Crippen LogP contribution in [0.4, 0.5) is 0 Å². The molecule has 26 heavy (non-hydrogen) atoms. The maximum absolute atomic E-state index is 12.0. The number of fused-ring (bicyclic) bond motifs is 1. The average molecular weight is 356 g/mol. The van der Waals surface area contributed by atoms with Gasteiger partial charge in [-0.2, -0.15) is 0 Å². The number of Topliss-reactive ketones (excluding diaryl/α,β-unsaturated/α-hetero) is 1. The van der Waals surface area contributed by atoms with E-state index in [-0.39, 0.29) is 6.61 Å². The van der Waals surface area contributed by atoms with Crippen molar-refractivity contribution in [1.82, 2.24) is 0 Å². The van der Waals surface area contributed by atoms with Gasteiger partial charge in [0.25, 0.3) is 0 Å². The first-order valence-electron chi connectivity index (χ1n) is 8.78. The number of hydrogen-bond acceptors (Lipinski definition) is 5. The van der Waals surface area contributed by atoms with Crippen LogP contribution in [0, 0.1) is 0 Å². The molecule has 0 aliphatic carbocycles. The lowest BCUT2D eigenvalue weighted by atomic mass is 9.95. The summed E-state index contributed by atoms with van der Waals surface area (Å²) in [7, 11) is 1.65. The summed E-state index contributed by atoms with van der Waals surface area (Å²) in [5, 5.41) is 19.4. The zero-order valence-electron chi connectivity index (χ0n) is 14.9. The molecule has 2 atom stereocenters. The van der Waals surface area contributed by atoms with Crippen molar-refractivity contribution in [2.24, 2.45) is 0 Å². The molecule has 1 heterocycles. The van der Waals surface area contributed by atoms with Crippen molar-refractivity contribution in [1.29, 1.82) is 0 Å². The maximum atomic E-state index is 12.0. The molecule has 2 N–H and O–H groups in total. The predicted octanol–water partition coefficient (Wildman–Crippen LogP) is 2.04. The number of rotatable bonds is 4. The lowest BCUT2D eigenvalue weighted by Crippen LogP contribution is -2.36. The Bertz CT molecular complexity index is 753. The van der Waals surface area contributed by atoms with E-state index in [4.69, 9.17) is 9.47 Å². The van der Waals surface area contributed by atoms with Gasteiger partial charge in [-0.3, -0.25) is 4.79 Å². The van der Waals surface area contributed by atoms with Gasteiger partial charge in [0.15, 0.2) is 5.78 Å². The lowest BCUT2D eigenvalue weighted by Gasteiger charge is -2.16. The van der Waals surface area contributed by atoms with Crippen LogP contribution >= 0.6 is 0 Å². The molecule has 5 nitrogen and oxygen atoms in total. The zero-order chi connectivity index (χ0) is 18.5. The number of hydrogen-bond donors (Lipinski definition) is 2. The maximum Gasteiger partial charge on any atom is 0.192 e. The molecule has 0 fully saturated rings. The van der Waals surface area contributed by atoms with E-state index in [9.17, 15) is 15.0 Å². The summed E-state index contributed by atoms with van der Waals surface area (Å²) >= 11 is 0. The topological polar surface area (TPSA) is 76.0 Å². The van der Waals surface area contributed by atoms with Crippen molar-refractivity contribution >= 4 is 5.78 Å². The summed E-state index contributed by atoms with van der Waals surface area (Å²) in [5.74, 6) is 0.385. The summed E-state index contributed by atoms with van der Waals surface area (Å²) in [4.78, 5) is 12.0. The molecule has 0 amide bonds. The van der Waals surface area contributed by atoms with Crippen molar-refractivity contribution in [3.8, 4) is 5.75 Å². The third kappa shape index (κ3) is 4.30. The molecule has 0 spiro atoms. The summed E-state index contributed by atoms with van der Waals surface area (Å²) in [6.45, 7) is -0.164. The third-order valence-corrected chi connectivity index (χ3v) is 4.78. The largest absolute Gasteiger partial charge is 0.497 e. The van der Waals surface area contributed by atoms with Crippen LogP contribution in [0.15, 0.2) is 42.5 Å². The highest BCUT2D eigenvalue weighted by Crippen LogP contribution is 2.22. The minimum absolute atomic E-state index is 0.252. The lowest BCUT2D eigenvalue weighted by molar-refractivity contribution is -0.142. The molecule has 0 saturated heterocycles. The van der Waals surface area contributed by atoms with Gasteiger partial charge < -0.3 is 19.7 Å². The number of carbonyl (C=O) groups is 1. The summed E-state index contributed by atoms with van der Waals surface area (Å²) in [6.07, 6.45) is -0.352. The van der Waals surface area contributed by atoms with E-state index in [2.05, 4.69) is 12.1 Å². The number of aliphatic hydroxyl groups excluding tert-OH is 2. The van der Waals surface area contributed by atoms with Crippen LogP contribution in [0.25, 0.3) is 0 Å². The molecular weight excluding hydrogens is 332 g/mol. The third-order valence-electron chi connectivity index (χ3n) is 4.78. The van der Waals surface area contributed by atoms with E-state index in [1.807, 2.05) is 30.3 Å². The first-order chi connectivity index (χ1) is 12.6. The van der Waals surface area contributed by atoms with Crippen molar-refractivity contribution < 1.29 is 24.5 Å². The van der Waals surface area contributed by atoms with Crippen LogP contribution in [0.2, 0.25) is 0 Å². The minimum Gasteiger partial charge on any atom is -0.497 e. The van der Waals surface area contributed by atoms with Crippen LogP contribution in [0.5, 0.6) is 5.75 Å². The highest BCUT2D eigenvalue weighted by Gasteiger charge is 2.27. The van der Waals surface area contributed by atoms with E-state index < -0.39 is 24.6 Å². The molecule has 1 aliphatic heterocycles. The van der Waals surface area contributed by atoms with Crippen LogP contribution in [-0.2, 0) is 29.0 Å². The van der Waals surface area contributed by atoms with Crippen molar-refractivity contribution in [2.45, 2.75) is 38.1 Å². The van der Waals surface area contributed by atoms with E-state index >= 15 is 0 Å². The Labute approximate surface area is 153 Å². The Morgan fingerprint density at radius 1 is 1.12 bits per heavy atom. The van der Waals surface area contributed by atoms with E-state index in [1.54, 1.807) is 7.11 Å². The number of ether oxygens (including phenoxy) is 2. The number of benzene rings is 2. The average Bonchev–Trinajstić information content (AvgIpc) is 2.72. The Balaban J connectivity index is 1.79. The first kappa shape index (κ1) is 18.6. The second-order valence-corrected chi connectivity index (χ2v) is 6.57. The predicted molar refractivity (Wildman–Crippen MR) is 97.2 cm³/mol. The number of methoxy groups -OCH3 is 1. The van der Waals surface area contributed by atoms with Gasteiger partial charge in [-0.25, -0.2) is 0 Å². The van der Waals surface area contributed by atoms with Gasteiger partial charge >= 0.3 is 0 Å². The van der Waals surface area contributed by atoms with E-state index in [1.165, 1.54) is 5.56 Å². The number of ketones is 1. The number of aliphatic hydroxyl groups is 2. The SMILES string of the molecule is COc1ccc(Cc2ccc3c(c2)CCC(O)C(=O)C(CO)OC3)cc1. The summed E-state index contributed by atoms with van der Waals surface area (Å²) in [6, 6.07) is 14.1. The molecule has 2 unspecified atom stereocenters. The molecule has 2 aromatic carbocycles. The fourth-order valence-corrected chi connectivity index (χ4v) is 3.21. The fraction of sp³-hybridized carbons (Fsp3) is 0.381. The van der Waals surface area contributed by atoms with Gasteiger partial charge in [-0.15, -0.1) is 0 Å². The van der Waals surface area contributed by atoms with Gasteiger partial charge in [0.2, 0.25) is 0 Å². The second kappa shape index (κ2) is 8.45. The highest BCUT2D eigenvalue weighted by atomic mass is 16.5. The van der Waals surface area contributed by atoms with Gasteiger partial charge in [0.1, 0.15) is 18.0 Å². The molecule has 2 aromatic rings. The first-order valence-corrected chi connectivity index (χ1v) is 8.78. The van der Waals surface area contributed by atoms with Crippen LogP contribution in [-0.4, -0.2) is 41.9 Å². The quantitative estimate of drug-likeness (QED) is 0.877. The van der Waals surface area contributed by atoms with Gasteiger partial charge in [0.05, 0.1) is 20.3 Å². The van der Waals surface area contributed by atoms with Gasteiger partial charge in [-0.1, -0.05) is 30.3 Å². The van der Waals surface area contributed by atoms with E-state index in [0.29, 0.717) is 12.8 Å². The van der Waals surface area contributed by atoms with Crippen LogP contribution in [0.1, 0.15) is 28.7 Å². The van der Waals surface area contributed by atoms with Gasteiger partial charge in [0, 0.05) is 0 Å². The monoisotopic (exact) mass is 356 g/mol. The summed E-state index contributed by atoms with van der Waals surface area (Å²) < 4.78 is 10.7. The van der Waals surface area contributed by atoms with Gasteiger partial charge in [-0.05, 0) is 53.6 Å². The van der Waals surface area contributed by atoms with Crippen LogP contribution < -0.4 is 4.74 Å². The highest BCUT2D eigenvalue weighted by molar-refractivity contribution is 5.87. The van der Waals surface area contributed by atoms with Crippen molar-refractivity contribution in [3.63, 3.8) is 0 Å². The normalized spacial score (nSPS) is 20.7. The zero-order valence-corrected chi connectivity index (χ0v) is 14.9.